The van der Waals surface area contributed by atoms with Gasteiger partial charge in [0.1, 0.15) is 0 Å². The number of hydrogen-bond donors (Lipinski definition) is 1. The van der Waals surface area contributed by atoms with Gasteiger partial charge in [0.2, 0.25) is 0 Å². The van der Waals surface area contributed by atoms with E-state index in [1.165, 1.54) is 24.2 Å². The molecular formula is C16H32N4. The largest absolute Gasteiger partial charge is 0.309 e. The summed E-state index contributed by atoms with van der Waals surface area (Å²) >= 11 is 0. The number of aromatic nitrogens is 2. The van der Waals surface area contributed by atoms with E-state index in [-0.39, 0.29) is 0 Å². The monoisotopic (exact) mass is 280 g/mol. The molecule has 0 bridgehead atoms. The lowest BCUT2D eigenvalue weighted by atomic mass is 10.1. The molecule has 1 N–H and O–H groups in total. The molecule has 0 fully saturated rings. The summed E-state index contributed by atoms with van der Waals surface area (Å²) < 4.78 is 2.10. The number of rotatable bonds is 9. The molecular weight excluding hydrogens is 248 g/mol. The lowest BCUT2D eigenvalue weighted by molar-refractivity contribution is 0.284. The molecule has 1 rings (SSSR count). The van der Waals surface area contributed by atoms with Crippen molar-refractivity contribution in [3.05, 3.63) is 17.0 Å². The van der Waals surface area contributed by atoms with Crippen LogP contribution in [0.15, 0.2) is 0 Å². The second kappa shape index (κ2) is 8.42. The van der Waals surface area contributed by atoms with E-state index in [1.54, 1.807) is 0 Å². The average Bonchev–Trinajstić information content (AvgIpc) is 2.72. The Kier molecular flexibility index (Phi) is 7.24. The van der Waals surface area contributed by atoms with Crippen LogP contribution in [0.4, 0.5) is 0 Å². The first-order valence-electron chi connectivity index (χ1n) is 8.04. The van der Waals surface area contributed by atoms with Crippen molar-refractivity contribution in [2.24, 2.45) is 0 Å². The highest BCUT2D eigenvalue weighted by atomic mass is 15.3. The topological polar surface area (TPSA) is 33.1 Å². The molecule has 20 heavy (non-hydrogen) atoms. The number of likely N-dealkylation sites (N-methyl/N-ethyl adjacent to an activating group) is 1. The summed E-state index contributed by atoms with van der Waals surface area (Å²) in [5.41, 5.74) is 3.82. The van der Waals surface area contributed by atoms with Crippen molar-refractivity contribution in [1.82, 2.24) is 20.0 Å². The first kappa shape index (κ1) is 17.2. The highest BCUT2D eigenvalue weighted by Gasteiger charge is 2.16. The third-order valence-electron chi connectivity index (χ3n) is 4.04. The first-order valence-corrected chi connectivity index (χ1v) is 8.04. The summed E-state index contributed by atoms with van der Waals surface area (Å²) in [6.07, 6.45) is 1.23. The molecule has 0 aliphatic rings. The summed E-state index contributed by atoms with van der Waals surface area (Å²) in [4.78, 5) is 2.49. The summed E-state index contributed by atoms with van der Waals surface area (Å²) in [7, 11) is 0. The van der Waals surface area contributed by atoms with Gasteiger partial charge in [-0.25, -0.2) is 0 Å². The minimum Gasteiger partial charge on any atom is -0.309 e. The zero-order chi connectivity index (χ0) is 15.1. The van der Waals surface area contributed by atoms with Crippen LogP contribution in [0, 0.1) is 13.8 Å². The van der Waals surface area contributed by atoms with Crippen molar-refractivity contribution in [3.63, 3.8) is 0 Å². The molecule has 0 saturated heterocycles. The minimum atomic E-state index is 0.371. The fourth-order valence-corrected chi connectivity index (χ4v) is 2.93. The summed E-state index contributed by atoms with van der Waals surface area (Å²) in [6.45, 7) is 18.6. The van der Waals surface area contributed by atoms with Crippen molar-refractivity contribution >= 4 is 0 Å². The van der Waals surface area contributed by atoms with Crippen LogP contribution < -0.4 is 5.32 Å². The summed E-state index contributed by atoms with van der Waals surface area (Å²) in [5, 5.41) is 8.25. The Morgan fingerprint density at radius 2 is 1.90 bits per heavy atom. The third-order valence-corrected chi connectivity index (χ3v) is 4.04. The Labute approximate surface area is 124 Å². The molecule has 1 aromatic rings. The van der Waals surface area contributed by atoms with E-state index in [9.17, 15) is 0 Å². The van der Waals surface area contributed by atoms with Crippen LogP contribution >= 0.6 is 0 Å². The maximum absolute atomic E-state index is 4.60. The van der Waals surface area contributed by atoms with Gasteiger partial charge in [-0.05, 0) is 47.2 Å². The smallest absolute Gasteiger partial charge is 0.0644 e. The van der Waals surface area contributed by atoms with Gasteiger partial charge < -0.3 is 10.2 Å². The molecule has 0 spiro atoms. The molecule has 1 heterocycles. The minimum absolute atomic E-state index is 0.371. The van der Waals surface area contributed by atoms with Gasteiger partial charge in [0.05, 0.1) is 5.69 Å². The van der Waals surface area contributed by atoms with Crippen molar-refractivity contribution in [2.75, 3.05) is 26.2 Å². The molecule has 1 atom stereocenters. The molecule has 116 valence electrons. The Balaban J connectivity index is 2.55. The highest BCUT2D eigenvalue weighted by molar-refractivity contribution is 5.27. The van der Waals surface area contributed by atoms with Gasteiger partial charge in [-0.2, -0.15) is 5.10 Å². The lowest BCUT2D eigenvalue weighted by Crippen LogP contribution is -2.33. The molecule has 1 aromatic heterocycles. The summed E-state index contributed by atoms with van der Waals surface area (Å²) in [6, 6.07) is 0.371. The van der Waals surface area contributed by atoms with E-state index in [0.717, 1.165) is 31.9 Å². The van der Waals surface area contributed by atoms with Gasteiger partial charge in [-0.15, -0.1) is 0 Å². The second-order valence-corrected chi connectivity index (χ2v) is 5.51. The second-order valence-electron chi connectivity index (χ2n) is 5.51. The fourth-order valence-electron chi connectivity index (χ4n) is 2.93. The van der Waals surface area contributed by atoms with Gasteiger partial charge in [-0.1, -0.05) is 13.8 Å². The lowest BCUT2D eigenvalue weighted by Gasteiger charge is -2.21. The van der Waals surface area contributed by atoms with Crippen LogP contribution in [0.3, 0.4) is 0 Å². The van der Waals surface area contributed by atoms with Gasteiger partial charge in [0, 0.05) is 36.9 Å². The van der Waals surface area contributed by atoms with Gasteiger partial charge in [0.25, 0.3) is 0 Å². The molecule has 1 unspecified atom stereocenters. The van der Waals surface area contributed by atoms with Crippen LogP contribution in [0.1, 0.15) is 57.1 Å². The molecule has 0 radical (unpaired) electrons. The third kappa shape index (κ3) is 4.32. The number of nitrogens with one attached hydrogen (secondary N) is 1. The Morgan fingerprint density at radius 3 is 2.40 bits per heavy atom. The normalized spacial score (nSPS) is 13.2. The summed E-state index contributed by atoms with van der Waals surface area (Å²) in [5.74, 6) is 0. The van der Waals surface area contributed by atoms with Crippen molar-refractivity contribution in [1.29, 1.82) is 0 Å². The zero-order valence-corrected chi connectivity index (χ0v) is 14.2. The van der Waals surface area contributed by atoms with Crippen LogP contribution in [0.25, 0.3) is 0 Å². The van der Waals surface area contributed by atoms with E-state index in [1.807, 2.05) is 0 Å². The molecule has 4 nitrogen and oxygen atoms in total. The van der Waals surface area contributed by atoms with Crippen LogP contribution in [-0.4, -0.2) is 40.9 Å². The standard InChI is InChI=1S/C16H32N4/c1-7-11-19(8-2)12-10-17-13(4)16-14(5)18-20(9-3)15(16)6/h13,17H,7-12H2,1-6H3. The number of nitrogens with zero attached hydrogens (tertiary/aromatic N) is 3. The molecule has 0 aliphatic heterocycles. The Hall–Kier alpha value is -0.870. The van der Waals surface area contributed by atoms with Crippen LogP contribution in [-0.2, 0) is 6.54 Å². The predicted molar refractivity (Wildman–Crippen MR) is 86.2 cm³/mol. The SMILES string of the molecule is CCCN(CC)CCNC(C)c1c(C)nn(CC)c1C. The molecule has 0 aliphatic carbocycles. The van der Waals surface area contributed by atoms with Gasteiger partial charge in [-0.3, -0.25) is 4.68 Å². The van der Waals surface area contributed by atoms with Gasteiger partial charge >= 0.3 is 0 Å². The van der Waals surface area contributed by atoms with E-state index in [0.29, 0.717) is 6.04 Å². The highest BCUT2D eigenvalue weighted by Crippen LogP contribution is 2.21. The maximum atomic E-state index is 4.60. The fraction of sp³-hybridized carbons (Fsp3) is 0.812. The number of hydrogen-bond acceptors (Lipinski definition) is 3. The van der Waals surface area contributed by atoms with E-state index < -0.39 is 0 Å². The van der Waals surface area contributed by atoms with E-state index in [2.05, 4.69) is 61.5 Å². The zero-order valence-electron chi connectivity index (χ0n) is 14.2. The average molecular weight is 280 g/mol. The van der Waals surface area contributed by atoms with Crippen molar-refractivity contribution in [3.8, 4) is 0 Å². The van der Waals surface area contributed by atoms with Gasteiger partial charge in [0.15, 0.2) is 0 Å². The van der Waals surface area contributed by atoms with Crippen molar-refractivity contribution < 1.29 is 0 Å². The molecule has 4 heteroatoms. The van der Waals surface area contributed by atoms with Crippen molar-refractivity contribution in [2.45, 2.75) is 60.5 Å². The first-order chi connectivity index (χ1) is 9.54. The van der Waals surface area contributed by atoms with Crippen LogP contribution in [0.5, 0.6) is 0 Å². The molecule has 0 amide bonds. The Bertz CT molecular complexity index is 397. The maximum Gasteiger partial charge on any atom is 0.0644 e. The number of aryl methyl sites for hydroxylation is 2. The van der Waals surface area contributed by atoms with E-state index in [4.69, 9.17) is 0 Å². The molecule has 0 aromatic carbocycles. The molecule has 0 saturated carbocycles. The quantitative estimate of drug-likeness (QED) is 0.755. The Morgan fingerprint density at radius 1 is 1.20 bits per heavy atom. The van der Waals surface area contributed by atoms with Crippen LogP contribution in [0.2, 0.25) is 0 Å². The van der Waals surface area contributed by atoms with E-state index >= 15 is 0 Å². The predicted octanol–water partition coefficient (Wildman–Crippen LogP) is 2.90.